The molecule has 14 heavy (non-hydrogen) atoms. The molecule has 5 heteroatoms. The van der Waals surface area contributed by atoms with Crippen LogP contribution in [0.3, 0.4) is 0 Å². The van der Waals surface area contributed by atoms with Gasteiger partial charge in [-0.3, -0.25) is 4.68 Å². The number of rotatable bonds is 5. The molecule has 0 aliphatic carbocycles. The Hall–Kier alpha value is -0.970. The number of nitrogens with zero attached hydrogens (tertiary/aromatic N) is 3. The molecule has 0 aliphatic rings. The smallest absolute Gasteiger partial charge is 0.138 e. The molecule has 1 heterocycles. The highest BCUT2D eigenvalue weighted by atomic mass is 19.1. The Morgan fingerprint density at radius 3 is 2.79 bits per heavy atom. The Bertz CT molecular complexity index is 286. The molecule has 0 spiro atoms. The molecule has 0 saturated heterocycles. The molecule has 0 radical (unpaired) electrons. The van der Waals surface area contributed by atoms with Crippen molar-refractivity contribution in [2.45, 2.75) is 31.9 Å². The molecule has 4 nitrogen and oxygen atoms in total. The van der Waals surface area contributed by atoms with Crippen molar-refractivity contribution in [3.8, 4) is 0 Å². The van der Waals surface area contributed by atoms with Gasteiger partial charge < -0.3 is 5.73 Å². The second-order valence-corrected chi connectivity index (χ2v) is 3.58. The van der Waals surface area contributed by atoms with E-state index in [9.17, 15) is 4.39 Å². The number of nitrogens with two attached hydrogens (primary N) is 1. The zero-order chi connectivity index (χ0) is 10.6. The van der Waals surface area contributed by atoms with Gasteiger partial charge in [0.1, 0.15) is 17.8 Å². The Balaban J connectivity index is 2.69. The van der Waals surface area contributed by atoms with Gasteiger partial charge in [-0.1, -0.05) is 13.3 Å². The van der Waals surface area contributed by atoms with Gasteiger partial charge in [-0.2, -0.15) is 5.10 Å². The summed E-state index contributed by atoms with van der Waals surface area (Å²) >= 11 is 0. The predicted molar refractivity (Wildman–Crippen MR) is 52.5 cm³/mol. The van der Waals surface area contributed by atoms with Crippen LogP contribution in [0.2, 0.25) is 0 Å². The van der Waals surface area contributed by atoms with E-state index in [-0.39, 0.29) is 13.0 Å². The third-order valence-corrected chi connectivity index (χ3v) is 2.34. The first kappa shape index (κ1) is 11.1. The zero-order valence-corrected chi connectivity index (χ0v) is 8.70. The second-order valence-electron chi connectivity index (χ2n) is 3.58. The lowest BCUT2D eigenvalue weighted by atomic mass is 9.96. The van der Waals surface area contributed by atoms with Crippen LogP contribution < -0.4 is 5.73 Å². The molecule has 1 aromatic heterocycles. The first-order valence-corrected chi connectivity index (χ1v) is 4.83. The SMILES string of the molecule is CCCC(F)(CN)Cc1ncnn1C. The molecule has 0 saturated carbocycles. The van der Waals surface area contributed by atoms with Gasteiger partial charge in [0, 0.05) is 20.0 Å². The zero-order valence-electron chi connectivity index (χ0n) is 8.70. The average molecular weight is 200 g/mol. The van der Waals surface area contributed by atoms with E-state index in [0.29, 0.717) is 12.2 Å². The summed E-state index contributed by atoms with van der Waals surface area (Å²) in [6, 6.07) is 0. The summed E-state index contributed by atoms with van der Waals surface area (Å²) in [6.45, 7) is 1.98. The van der Waals surface area contributed by atoms with Gasteiger partial charge in [-0.15, -0.1) is 0 Å². The highest BCUT2D eigenvalue weighted by molar-refractivity contribution is 4.95. The maximum Gasteiger partial charge on any atom is 0.138 e. The third-order valence-electron chi connectivity index (χ3n) is 2.34. The van der Waals surface area contributed by atoms with Crippen molar-refractivity contribution in [1.29, 1.82) is 0 Å². The monoisotopic (exact) mass is 200 g/mol. The van der Waals surface area contributed by atoms with Crippen molar-refractivity contribution in [2.24, 2.45) is 12.8 Å². The van der Waals surface area contributed by atoms with Crippen LogP contribution >= 0.6 is 0 Å². The van der Waals surface area contributed by atoms with Gasteiger partial charge in [0.2, 0.25) is 0 Å². The van der Waals surface area contributed by atoms with Crippen molar-refractivity contribution in [3.05, 3.63) is 12.2 Å². The summed E-state index contributed by atoms with van der Waals surface area (Å²) in [7, 11) is 1.76. The highest BCUT2D eigenvalue weighted by Crippen LogP contribution is 2.21. The molecule has 0 aliphatic heterocycles. The minimum atomic E-state index is -1.34. The fraction of sp³-hybridized carbons (Fsp3) is 0.778. The van der Waals surface area contributed by atoms with Crippen molar-refractivity contribution in [2.75, 3.05) is 6.54 Å². The van der Waals surface area contributed by atoms with Crippen LogP contribution in [0.5, 0.6) is 0 Å². The summed E-state index contributed by atoms with van der Waals surface area (Å²) in [5.41, 5.74) is 4.09. The summed E-state index contributed by atoms with van der Waals surface area (Å²) in [5, 5.41) is 3.89. The Morgan fingerprint density at radius 1 is 1.64 bits per heavy atom. The molecule has 1 rings (SSSR count). The topological polar surface area (TPSA) is 56.7 Å². The number of hydrogen-bond acceptors (Lipinski definition) is 3. The van der Waals surface area contributed by atoms with Gasteiger partial charge in [0.15, 0.2) is 0 Å². The van der Waals surface area contributed by atoms with Crippen molar-refractivity contribution in [3.63, 3.8) is 0 Å². The van der Waals surface area contributed by atoms with E-state index in [0.717, 1.165) is 6.42 Å². The number of halogens is 1. The first-order chi connectivity index (χ1) is 6.61. The molecular weight excluding hydrogens is 183 g/mol. The normalized spacial score (nSPS) is 15.4. The molecule has 2 N–H and O–H groups in total. The van der Waals surface area contributed by atoms with Crippen LogP contribution in [0.25, 0.3) is 0 Å². The van der Waals surface area contributed by atoms with E-state index in [1.807, 2.05) is 6.92 Å². The maximum absolute atomic E-state index is 14.1. The predicted octanol–water partition coefficient (Wildman–Crippen LogP) is 0.825. The van der Waals surface area contributed by atoms with Crippen LogP contribution in [-0.2, 0) is 13.5 Å². The Morgan fingerprint density at radius 2 is 2.36 bits per heavy atom. The number of aryl methyl sites for hydroxylation is 1. The summed E-state index contributed by atoms with van der Waals surface area (Å²) in [6.07, 6.45) is 2.92. The Kier molecular flexibility index (Phi) is 3.57. The fourth-order valence-corrected chi connectivity index (χ4v) is 1.47. The van der Waals surface area contributed by atoms with E-state index in [1.165, 1.54) is 6.33 Å². The van der Waals surface area contributed by atoms with Gasteiger partial charge in [0.25, 0.3) is 0 Å². The third kappa shape index (κ3) is 2.51. The molecule has 1 atom stereocenters. The van der Waals surface area contributed by atoms with Crippen LogP contribution in [0, 0.1) is 0 Å². The van der Waals surface area contributed by atoms with Crippen molar-refractivity contribution >= 4 is 0 Å². The average Bonchev–Trinajstić information content (AvgIpc) is 2.52. The van der Waals surface area contributed by atoms with Gasteiger partial charge in [0.05, 0.1) is 0 Å². The summed E-state index contributed by atoms with van der Waals surface area (Å²) in [5.74, 6) is 0.645. The van der Waals surface area contributed by atoms with E-state index >= 15 is 0 Å². The molecule has 0 bridgehead atoms. The first-order valence-electron chi connectivity index (χ1n) is 4.83. The Labute approximate surface area is 83.3 Å². The maximum atomic E-state index is 14.1. The highest BCUT2D eigenvalue weighted by Gasteiger charge is 2.29. The van der Waals surface area contributed by atoms with Gasteiger partial charge in [-0.25, -0.2) is 9.37 Å². The minimum absolute atomic E-state index is 0.0354. The molecule has 1 unspecified atom stereocenters. The molecule has 80 valence electrons. The summed E-state index contributed by atoms with van der Waals surface area (Å²) < 4.78 is 15.6. The van der Waals surface area contributed by atoms with E-state index in [1.54, 1.807) is 11.7 Å². The van der Waals surface area contributed by atoms with Crippen molar-refractivity contribution in [1.82, 2.24) is 14.8 Å². The van der Waals surface area contributed by atoms with E-state index < -0.39 is 5.67 Å². The minimum Gasteiger partial charge on any atom is -0.328 e. The molecule has 0 aromatic carbocycles. The quantitative estimate of drug-likeness (QED) is 0.765. The summed E-state index contributed by atoms with van der Waals surface area (Å²) in [4.78, 5) is 3.99. The molecular formula is C9H17FN4. The lowest BCUT2D eigenvalue weighted by Crippen LogP contribution is -2.36. The van der Waals surface area contributed by atoms with Crippen molar-refractivity contribution < 1.29 is 4.39 Å². The molecule has 1 aromatic rings. The number of alkyl halides is 1. The van der Waals surface area contributed by atoms with Gasteiger partial charge >= 0.3 is 0 Å². The molecule has 0 fully saturated rings. The molecule has 0 amide bonds. The van der Waals surface area contributed by atoms with Crippen LogP contribution in [0.1, 0.15) is 25.6 Å². The largest absolute Gasteiger partial charge is 0.328 e. The number of hydrogen-bond donors (Lipinski definition) is 1. The standard InChI is InChI=1S/C9H17FN4/c1-3-4-9(10,6-11)5-8-12-7-13-14(8)2/h7H,3-6,11H2,1-2H3. The lowest BCUT2D eigenvalue weighted by molar-refractivity contribution is 0.154. The van der Waals surface area contributed by atoms with E-state index in [2.05, 4.69) is 10.1 Å². The fourth-order valence-electron chi connectivity index (χ4n) is 1.47. The van der Waals surface area contributed by atoms with Crippen LogP contribution in [0.15, 0.2) is 6.33 Å². The van der Waals surface area contributed by atoms with E-state index in [4.69, 9.17) is 5.73 Å². The van der Waals surface area contributed by atoms with Gasteiger partial charge in [-0.05, 0) is 6.42 Å². The second kappa shape index (κ2) is 4.50. The van der Waals surface area contributed by atoms with Crippen LogP contribution in [0.4, 0.5) is 4.39 Å². The lowest BCUT2D eigenvalue weighted by Gasteiger charge is -2.22. The number of aromatic nitrogens is 3. The van der Waals surface area contributed by atoms with Crippen LogP contribution in [-0.4, -0.2) is 27.0 Å².